The Morgan fingerprint density at radius 3 is 2.72 bits per heavy atom. The minimum absolute atomic E-state index is 0.103. The molecule has 186 valence electrons. The standard InChI is InChI=1S/C29H30FN3O3/c1-18-13-19(2)28-22(14-18)23(29(35)32-28)15-27(34)31-11-12-33-16-20-7-3-6-10-25(20)36-26(17-33)21-8-4-5-9-24(21)30/h3-10,13-14,23,26H,11-12,15-17H2,1-2H3,(H,31,34)(H,32,35). The van der Waals surface area contributed by atoms with Gasteiger partial charge in [-0.25, -0.2) is 4.39 Å². The minimum atomic E-state index is -0.484. The molecule has 3 aromatic carbocycles. The topological polar surface area (TPSA) is 70.7 Å². The fraction of sp³-hybridized carbons (Fsp3) is 0.310. The molecule has 0 saturated heterocycles. The number of nitrogens with zero attached hydrogens (tertiary/aromatic N) is 1. The lowest BCUT2D eigenvalue weighted by Crippen LogP contribution is -2.37. The average molecular weight is 488 g/mol. The molecule has 2 aliphatic heterocycles. The number of carbonyl (C=O) groups excluding carboxylic acids is 2. The number of halogens is 1. The van der Waals surface area contributed by atoms with Crippen molar-refractivity contribution in [2.45, 2.75) is 38.8 Å². The van der Waals surface area contributed by atoms with E-state index in [1.165, 1.54) is 6.07 Å². The van der Waals surface area contributed by atoms with Gasteiger partial charge in [-0.3, -0.25) is 14.5 Å². The molecule has 0 fully saturated rings. The summed E-state index contributed by atoms with van der Waals surface area (Å²) in [5, 5.41) is 5.90. The van der Waals surface area contributed by atoms with Crippen LogP contribution >= 0.6 is 0 Å². The molecular formula is C29H30FN3O3. The summed E-state index contributed by atoms with van der Waals surface area (Å²) in [6.07, 6.45) is -0.360. The number of nitrogens with one attached hydrogen (secondary N) is 2. The number of para-hydroxylation sites is 1. The molecule has 0 radical (unpaired) electrons. The highest BCUT2D eigenvalue weighted by molar-refractivity contribution is 6.05. The van der Waals surface area contributed by atoms with Crippen molar-refractivity contribution < 1.29 is 18.7 Å². The zero-order valence-corrected chi connectivity index (χ0v) is 20.5. The molecule has 2 atom stereocenters. The number of benzene rings is 3. The van der Waals surface area contributed by atoms with Crippen molar-refractivity contribution in [1.82, 2.24) is 10.2 Å². The van der Waals surface area contributed by atoms with Crippen LogP contribution in [0.2, 0.25) is 0 Å². The van der Waals surface area contributed by atoms with E-state index >= 15 is 0 Å². The van der Waals surface area contributed by atoms with E-state index in [0.717, 1.165) is 33.7 Å². The maximum absolute atomic E-state index is 14.6. The fourth-order valence-electron chi connectivity index (χ4n) is 5.16. The lowest BCUT2D eigenvalue weighted by molar-refractivity contribution is -0.125. The highest BCUT2D eigenvalue weighted by atomic mass is 19.1. The molecule has 3 aromatic rings. The van der Waals surface area contributed by atoms with Gasteiger partial charge >= 0.3 is 0 Å². The van der Waals surface area contributed by atoms with Crippen molar-refractivity contribution in [2.75, 3.05) is 25.0 Å². The van der Waals surface area contributed by atoms with Gasteiger partial charge in [0.1, 0.15) is 17.7 Å². The number of amides is 2. The van der Waals surface area contributed by atoms with Crippen LogP contribution in [0, 0.1) is 19.7 Å². The number of anilines is 1. The van der Waals surface area contributed by atoms with Gasteiger partial charge in [0.05, 0.1) is 5.92 Å². The third-order valence-electron chi connectivity index (χ3n) is 6.90. The van der Waals surface area contributed by atoms with E-state index in [9.17, 15) is 14.0 Å². The number of fused-ring (bicyclic) bond motifs is 2. The van der Waals surface area contributed by atoms with E-state index in [4.69, 9.17) is 4.74 Å². The van der Waals surface area contributed by atoms with Crippen LogP contribution in [-0.2, 0) is 16.1 Å². The summed E-state index contributed by atoms with van der Waals surface area (Å²) >= 11 is 0. The highest BCUT2D eigenvalue weighted by Gasteiger charge is 2.33. The lowest BCUT2D eigenvalue weighted by atomic mass is 9.94. The van der Waals surface area contributed by atoms with Crippen LogP contribution < -0.4 is 15.4 Å². The molecule has 2 unspecified atom stereocenters. The third kappa shape index (κ3) is 4.97. The molecule has 0 bridgehead atoms. The average Bonchev–Trinajstić information content (AvgIpc) is 3.04. The van der Waals surface area contributed by atoms with Gasteiger partial charge in [-0.15, -0.1) is 0 Å². The number of hydrogen-bond acceptors (Lipinski definition) is 4. The fourth-order valence-corrected chi connectivity index (χ4v) is 5.16. The maximum Gasteiger partial charge on any atom is 0.232 e. The smallest absolute Gasteiger partial charge is 0.232 e. The Balaban J connectivity index is 1.23. The van der Waals surface area contributed by atoms with Gasteiger partial charge in [-0.2, -0.15) is 0 Å². The number of hydrogen-bond donors (Lipinski definition) is 2. The summed E-state index contributed by atoms with van der Waals surface area (Å²) in [6.45, 7) is 6.06. The summed E-state index contributed by atoms with van der Waals surface area (Å²) < 4.78 is 20.8. The van der Waals surface area contributed by atoms with Gasteiger partial charge in [0.15, 0.2) is 0 Å². The first-order valence-electron chi connectivity index (χ1n) is 12.3. The van der Waals surface area contributed by atoms with Crippen LogP contribution in [0.5, 0.6) is 5.75 Å². The number of carbonyl (C=O) groups is 2. The normalized spacial score (nSPS) is 19.0. The van der Waals surface area contributed by atoms with Crippen LogP contribution in [0.25, 0.3) is 0 Å². The monoisotopic (exact) mass is 487 g/mol. The second-order valence-corrected chi connectivity index (χ2v) is 9.61. The lowest BCUT2D eigenvalue weighted by Gasteiger charge is -2.24. The quantitative estimate of drug-likeness (QED) is 0.532. The molecule has 0 spiro atoms. The largest absolute Gasteiger partial charge is 0.484 e. The van der Waals surface area contributed by atoms with Gasteiger partial charge in [-0.1, -0.05) is 54.1 Å². The van der Waals surface area contributed by atoms with Crippen molar-refractivity contribution in [2.24, 2.45) is 0 Å². The Hall–Kier alpha value is -3.71. The zero-order valence-electron chi connectivity index (χ0n) is 20.5. The highest BCUT2D eigenvalue weighted by Crippen LogP contribution is 2.38. The predicted octanol–water partition coefficient (Wildman–Crippen LogP) is 4.62. The molecule has 5 rings (SSSR count). The van der Waals surface area contributed by atoms with Gasteiger partial charge in [0.2, 0.25) is 11.8 Å². The Bertz CT molecular complexity index is 1310. The Morgan fingerprint density at radius 2 is 1.89 bits per heavy atom. The SMILES string of the molecule is Cc1cc(C)c2c(c1)C(CC(=O)NCCN1Cc3ccccc3OC(c3ccccc3F)C1)C(=O)N2. The first-order chi connectivity index (χ1) is 17.4. The summed E-state index contributed by atoms with van der Waals surface area (Å²) in [5.74, 6) is -0.339. The second-order valence-electron chi connectivity index (χ2n) is 9.61. The van der Waals surface area contributed by atoms with E-state index < -0.39 is 12.0 Å². The summed E-state index contributed by atoms with van der Waals surface area (Å²) in [7, 11) is 0. The van der Waals surface area contributed by atoms with Crippen molar-refractivity contribution in [3.8, 4) is 5.75 Å². The van der Waals surface area contributed by atoms with Gasteiger partial charge in [-0.05, 0) is 37.1 Å². The molecule has 2 heterocycles. The Kier molecular flexibility index (Phi) is 6.74. The first kappa shape index (κ1) is 24.0. The summed E-state index contributed by atoms with van der Waals surface area (Å²) in [4.78, 5) is 27.5. The molecule has 2 aliphatic rings. The Labute approximate surface area is 210 Å². The van der Waals surface area contributed by atoms with Crippen LogP contribution in [0.1, 0.15) is 46.3 Å². The predicted molar refractivity (Wildman–Crippen MR) is 136 cm³/mol. The molecule has 2 amide bonds. The van der Waals surface area contributed by atoms with E-state index in [0.29, 0.717) is 31.7 Å². The van der Waals surface area contributed by atoms with Crippen molar-refractivity contribution >= 4 is 17.5 Å². The number of rotatable bonds is 6. The zero-order chi connectivity index (χ0) is 25.2. The van der Waals surface area contributed by atoms with Crippen LogP contribution in [0.4, 0.5) is 10.1 Å². The van der Waals surface area contributed by atoms with Gasteiger partial charge in [0.25, 0.3) is 0 Å². The summed E-state index contributed by atoms with van der Waals surface area (Å²) in [6, 6.07) is 18.5. The van der Waals surface area contributed by atoms with E-state index in [1.54, 1.807) is 12.1 Å². The molecule has 0 aromatic heterocycles. The van der Waals surface area contributed by atoms with Crippen molar-refractivity contribution in [3.63, 3.8) is 0 Å². The third-order valence-corrected chi connectivity index (χ3v) is 6.90. The van der Waals surface area contributed by atoms with Crippen molar-refractivity contribution in [3.05, 3.63) is 94.3 Å². The van der Waals surface area contributed by atoms with Crippen molar-refractivity contribution in [1.29, 1.82) is 0 Å². The van der Waals surface area contributed by atoms with Gasteiger partial charge < -0.3 is 15.4 Å². The molecule has 0 saturated carbocycles. The molecule has 2 N–H and O–H groups in total. The molecule has 36 heavy (non-hydrogen) atoms. The minimum Gasteiger partial charge on any atom is -0.484 e. The second kappa shape index (κ2) is 10.1. The summed E-state index contributed by atoms with van der Waals surface area (Å²) in [5.41, 5.74) is 5.33. The molecule has 6 nitrogen and oxygen atoms in total. The van der Waals surface area contributed by atoms with Crippen LogP contribution in [0.15, 0.2) is 60.7 Å². The molecule has 0 aliphatic carbocycles. The van der Waals surface area contributed by atoms with Gasteiger partial charge in [0, 0.05) is 49.4 Å². The van der Waals surface area contributed by atoms with Crippen LogP contribution in [0.3, 0.4) is 0 Å². The van der Waals surface area contributed by atoms with Crippen LogP contribution in [-0.4, -0.2) is 36.3 Å². The first-order valence-corrected chi connectivity index (χ1v) is 12.3. The Morgan fingerprint density at radius 1 is 1.11 bits per heavy atom. The van der Waals surface area contributed by atoms with E-state index in [2.05, 4.69) is 15.5 Å². The molecular weight excluding hydrogens is 457 g/mol. The maximum atomic E-state index is 14.6. The van der Waals surface area contributed by atoms with E-state index in [1.807, 2.05) is 56.3 Å². The molecule has 7 heteroatoms. The number of ether oxygens (including phenoxy) is 1. The number of aryl methyl sites for hydroxylation is 2. The van der Waals surface area contributed by atoms with E-state index in [-0.39, 0.29) is 24.1 Å².